The second-order valence-electron chi connectivity index (χ2n) is 4.26. The summed E-state index contributed by atoms with van der Waals surface area (Å²) in [5.74, 6) is -0.233. The topological polar surface area (TPSA) is 74.4 Å². The first-order valence-corrected chi connectivity index (χ1v) is 5.49. The van der Waals surface area contributed by atoms with E-state index < -0.39 is 12.2 Å². The van der Waals surface area contributed by atoms with E-state index in [4.69, 9.17) is 10.0 Å². The molecule has 0 bridgehead atoms. The molecular formula is C12H12N2O3. The minimum Gasteiger partial charge on any atom is -0.411 e. The summed E-state index contributed by atoms with van der Waals surface area (Å²) < 4.78 is 0. The van der Waals surface area contributed by atoms with Crippen molar-refractivity contribution in [3.63, 3.8) is 0 Å². The van der Waals surface area contributed by atoms with Crippen LogP contribution in [0, 0.1) is 5.92 Å². The highest BCUT2D eigenvalue weighted by Crippen LogP contribution is 2.35. The average molecular weight is 232 g/mol. The van der Waals surface area contributed by atoms with Gasteiger partial charge < -0.3 is 15.2 Å². The van der Waals surface area contributed by atoms with Crippen LogP contribution in [0.15, 0.2) is 40.6 Å². The highest BCUT2D eigenvalue weighted by Gasteiger charge is 2.49. The standard InChI is InChI=1S/C12H12N2O3/c15-9-6-8(13-16)12-10(9)11(14-17-12)7-4-2-1-3-5-7/h1-5,9-10,12,15-16H,6H2/b13-8-/t9-,10-,12-/m1/s1. The first-order valence-electron chi connectivity index (χ1n) is 5.49. The molecule has 88 valence electrons. The molecule has 0 spiro atoms. The van der Waals surface area contributed by atoms with Crippen LogP contribution in [-0.2, 0) is 4.84 Å². The third-order valence-corrected chi connectivity index (χ3v) is 3.27. The zero-order valence-electron chi connectivity index (χ0n) is 9.02. The Morgan fingerprint density at radius 2 is 2.06 bits per heavy atom. The molecule has 2 N–H and O–H groups in total. The second-order valence-corrected chi connectivity index (χ2v) is 4.26. The van der Waals surface area contributed by atoms with Gasteiger partial charge >= 0.3 is 0 Å². The number of nitrogens with zero attached hydrogens (tertiary/aromatic N) is 2. The van der Waals surface area contributed by atoms with Gasteiger partial charge in [0.05, 0.1) is 17.7 Å². The second kappa shape index (κ2) is 3.85. The first kappa shape index (κ1) is 10.3. The number of aliphatic hydroxyl groups is 1. The van der Waals surface area contributed by atoms with E-state index in [0.717, 1.165) is 11.3 Å². The lowest BCUT2D eigenvalue weighted by Gasteiger charge is -2.12. The molecule has 0 amide bonds. The summed E-state index contributed by atoms with van der Waals surface area (Å²) in [6.07, 6.45) is -0.699. The number of hydrogen-bond donors (Lipinski definition) is 2. The van der Waals surface area contributed by atoms with Gasteiger partial charge in [-0.1, -0.05) is 40.6 Å². The van der Waals surface area contributed by atoms with E-state index in [-0.39, 0.29) is 5.92 Å². The van der Waals surface area contributed by atoms with Crippen LogP contribution in [0.3, 0.4) is 0 Å². The van der Waals surface area contributed by atoms with Gasteiger partial charge in [-0.2, -0.15) is 0 Å². The number of aliphatic hydroxyl groups excluding tert-OH is 1. The van der Waals surface area contributed by atoms with Crippen LogP contribution in [0.1, 0.15) is 12.0 Å². The lowest BCUT2D eigenvalue weighted by Crippen LogP contribution is -2.28. The summed E-state index contributed by atoms with van der Waals surface area (Å²) in [5.41, 5.74) is 2.11. The van der Waals surface area contributed by atoms with Crippen LogP contribution in [0.4, 0.5) is 0 Å². The Labute approximate surface area is 98.0 Å². The summed E-state index contributed by atoms with van der Waals surface area (Å²) in [7, 11) is 0. The van der Waals surface area contributed by atoms with Gasteiger partial charge in [-0.15, -0.1) is 0 Å². The van der Waals surface area contributed by atoms with Gasteiger partial charge in [-0.25, -0.2) is 0 Å². The molecular weight excluding hydrogens is 220 g/mol. The minimum atomic E-state index is -0.604. The van der Waals surface area contributed by atoms with Crippen molar-refractivity contribution >= 4 is 11.4 Å². The zero-order chi connectivity index (χ0) is 11.8. The third kappa shape index (κ3) is 1.51. The number of rotatable bonds is 1. The van der Waals surface area contributed by atoms with Crippen molar-refractivity contribution in [2.24, 2.45) is 16.2 Å². The van der Waals surface area contributed by atoms with E-state index >= 15 is 0 Å². The van der Waals surface area contributed by atoms with Crippen LogP contribution in [0.2, 0.25) is 0 Å². The molecule has 1 aliphatic heterocycles. The van der Waals surface area contributed by atoms with Crippen molar-refractivity contribution in [1.29, 1.82) is 0 Å². The van der Waals surface area contributed by atoms with E-state index in [1.54, 1.807) is 0 Å². The molecule has 0 aromatic heterocycles. The first-order chi connectivity index (χ1) is 8.31. The lowest BCUT2D eigenvalue weighted by molar-refractivity contribution is 0.0797. The van der Waals surface area contributed by atoms with Crippen LogP contribution in [-0.4, -0.2) is 33.9 Å². The predicted octanol–water partition coefficient (Wildman–Crippen LogP) is 1.00. The van der Waals surface area contributed by atoms with E-state index in [9.17, 15) is 5.11 Å². The highest BCUT2D eigenvalue weighted by atomic mass is 16.6. The van der Waals surface area contributed by atoms with Crippen LogP contribution in [0.25, 0.3) is 0 Å². The molecule has 1 saturated carbocycles. The third-order valence-electron chi connectivity index (χ3n) is 3.27. The van der Waals surface area contributed by atoms with Crippen LogP contribution < -0.4 is 0 Å². The Morgan fingerprint density at radius 1 is 1.29 bits per heavy atom. The van der Waals surface area contributed by atoms with Gasteiger partial charge in [0.2, 0.25) is 0 Å². The quantitative estimate of drug-likeness (QED) is 0.560. The maximum Gasteiger partial charge on any atom is 0.179 e. The summed E-state index contributed by atoms with van der Waals surface area (Å²) in [6.45, 7) is 0. The Kier molecular flexibility index (Phi) is 2.33. The molecule has 1 fully saturated rings. The molecule has 3 atom stereocenters. The van der Waals surface area contributed by atoms with Crippen molar-refractivity contribution in [3.05, 3.63) is 35.9 Å². The molecule has 0 radical (unpaired) electrons. The summed E-state index contributed by atoms with van der Waals surface area (Å²) in [5, 5.41) is 26.0. The lowest BCUT2D eigenvalue weighted by atomic mass is 9.93. The Balaban J connectivity index is 1.95. The fourth-order valence-corrected chi connectivity index (χ4v) is 2.44. The molecule has 0 saturated heterocycles. The smallest absolute Gasteiger partial charge is 0.179 e. The number of benzene rings is 1. The minimum absolute atomic E-state index is 0.233. The summed E-state index contributed by atoms with van der Waals surface area (Å²) in [4.78, 5) is 5.26. The summed E-state index contributed by atoms with van der Waals surface area (Å²) >= 11 is 0. The molecule has 2 aliphatic rings. The average Bonchev–Trinajstić information content (AvgIpc) is 2.92. The summed E-state index contributed by atoms with van der Waals surface area (Å²) in [6, 6.07) is 9.58. The molecule has 1 aromatic rings. The normalized spacial score (nSPS) is 33.4. The van der Waals surface area contributed by atoms with E-state index in [1.807, 2.05) is 30.3 Å². The molecule has 1 aliphatic carbocycles. The van der Waals surface area contributed by atoms with Crippen molar-refractivity contribution in [1.82, 2.24) is 0 Å². The van der Waals surface area contributed by atoms with Crippen molar-refractivity contribution in [2.45, 2.75) is 18.6 Å². The molecule has 0 unspecified atom stereocenters. The van der Waals surface area contributed by atoms with Crippen LogP contribution >= 0.6 is 0 Å². The van der Waals surface area contributed by atoms with Gasteiger partial charge in [-0.05, 0) is 5.56 Å². The number of hydrogen-bond acceptors (Lipinski definition) is 5. The Morgan fingerprint density at radius 3 is 2.76 bits per heavy atom. The van der Waals surface area contributed by atoms with E-state index in [2.05, 4.69) is 10.3 Å². The Bertz CT molecular complexity index is 484. The van der Waals surface area contributed by atoms with Crippen LogP contribution in [0.5, 0.6) is 0 Å². The van der Waals surface area contributed by atoms with E-state index in [1.165, 1.54) is 0 Å². The SMILES string of the molecule is O/N=C1/C[C@@H](O)[C@@H]2C(c3ccccc3)=NO[C@H]12. The van der Waals surface area contributed by atoms with Crippen molar-refractivity contribution in [3.8, 4) is 0 Å². The number of fused-ring (bicyclic) bond motifs is 1. The molecule has 5 nitrogen and oxygen atoms in total. The van der Waals surface area contributed by atoms with Crippen molar-refractivity contribution in [2.75, 3.05) is 0 Å². The molecule has 5 heteroatoms. The Hall–Kier alpha value is -1.88. The van der Waals surface area contributed by atoms with Crippen molar-refractivity contribution < 1.29 is 15.2 Å². The highest BCUT2D eigenvalue weighted by molar-refractivity contribution is 6.09. The predicted molar refractivity (Wildman–Crippen MR) is 61.2 cm³/mol. The van der Waals surface area contributed by atoms with Gasteiger partial charge in [0.25, 0.3) is 0 Å². The molecule has 1 aromatic carbocycles. The maximum atomic E-state index is 9.98. The zero-order valence-corrected chi connectivity index (χ0v) is 9.02. The fraction of sp³-hybridized carbons (Fsp3) is 0.333. The molecule has 1 heterocycles. The van der Waals surface area contributed by atoms with Gasteiger partial charge in [0, 0.05) is 6.42 Å². The molecule has 3 rings (SSSR count). The maximum absolute atomic E-state index is 9.98. The van der Waals surface area contributed by atoms with Gasteiger partial charge in [0.15, 0.2) is 6.10 Å². The van der Waals surface area contributed by atoms with Gasteiger partial charge in [0.1, 0.15) is 5.71 Å². The fourth-order valence-electron chi connectivity index (χ4n) is 2.44. The largest absolute Gasteiger partial charge is 0.411 e. The van der Waals surface area contributed by atoms with E-state index in [0.29, 0.717) is 12.1 Å². The molecule has 17 heavy (non-hydrogen) atoms. The van der Waals surface area contributed by atoms with Gasteiger partial charge in [-0.3, -0.25) is 0 Å². The monoisotopic (exact) mass is 232 g/mol. The number of oxime groups is 2.